The number of carboxylic acid groups (broad SMARTS) is 2. The summed E-state index contributed by atoms with van der Waals surface area (Å²) in [4.78, 5) is 67.8. The van der Waals surface area contributed by atoms with Crippen molar-refractivity contribution in [2.75, 3.05) is 18.6 Å². The molecule has 37 heavy (non-hydrogen) atoms. The first kappa shape index (κ1) is 31.9. The molecular formula is C22H37N7O7S. The third kappa shape index (κ3) is 12.6. The van der Waals surface area contributed by atoms with E-state index in [4.69, 9.17) is 16.6 Å². The Kier molecular flexibility index (Phi) is 14.9. The number of unbranched alkanes of at least 4 members (excludes halogenated alkanes) is 1. The molecule has 0 fully saturated rings. The predicted octanol–water partition coefficient (Wildman–Crippen LogP) is -1.43. The number of aliphatic carboxylic acids is 2. The molecule has 0 bridgehead atoms. The van der Waals surface area contributed by atoms with E-state index < -0.39 is 53.8 Å². The van der Waals surface area contributed by atoms with E-state index >= 15 is 0 Å². The average molecular weight is 544 g/mol. The molecule has 14 nitrogen and oxygen atoms in total. The average Bonchev–Trinajstić information content (AvgIpc) is 3.36. The molecule has 3 amide bonds. The summed E-state index contributed by atoms with van der Waals surface area (Å²) in [6.07, 6.45) is 5.76. The van der Waals surface area contributed by atoms with Crippen LogP contribution in [0.5, 0.6) is 0 Å². The fourth-order valence-electron chi connectivity index (χ4n) is 3.31. The molecule has 0 saturated carbocycles. The minimum absolute atomic E-state index is 0.00305. The van der Waals surface area contributed by atoms with Crippen LogP contribution in [-0.2, 0) is 30.4 Å². The van der Waals surface area contributed by atoms with E-state index in [1.807, 2.05) is 6.26 Å². The second-order valence-electron chi connectivity index (χ2n) is 8.41. The standard InChI is InChI=1S/C22H37N7O7S/c1-37-9-7-15(20(33)28-16(22(35)36)4-2-3-8-23)27-21(34)17(10-13-11-25-12-26-13)29-19(32)14(24)5-6-18(30)31/h11-12,14-17H,2-10,23-24H2,1H3,(H,25,26)(H,27,34)(H,28,33)(H,29,32)(H,30,31)(H,35,36). The number of carbonyl (C=O) groups excluding carboxylic acids is 3. The quantitative estimate of drug-likeness (QED) is 0.0939. The van der Waals surface area contributed by atoms with Gasteiger partial charge in [0.05, 0.1) is 12.4 Å². The SMILES string of the molecule is CSCCC(NC(=O)C(Cc1cnc[nH]1)NC(=O)C(N)CCC(=O)O)C(=O)NC(CCCCN)C(=O)O. The van der Waals surface area contributed by atoms with Crippen molar-refractivity contribution >= 4 is 41.4 Å². The van der Waals surface area contributed by atoms with Crippen molar-refractivity contribution in [3.05, 3.63) is 18.2 Å². The first-order chi connectivity index (χ1) is 17.6. The van der Waals surface area contributed by atoms with E-state index in [1.165, 1.54) is 24.3 Å². The van der Waals surface area contributed by atoms with Crippen LogP contribution in [0, 0.1) is 0 Å². The zero-order chi connectivity index (χ0) is 27.8. The Bertz CT molecular complexity index is 885. The van der Waals surface area contributed by atoms with Crippen molar-refractivity contribution in [3.63, 3.8) is 0 Å². The zero-order valence-electron chi connectivity index (χ0n) is 20.8. The van der Waals surface area contributed by atoms with E-state index in [-0.39, 0.29) is 32.1 Å². The summed E-state index contributed by atoms with van der Waals surface area (Å²) >= 11 is 1.44. The summed E-state index contributed by atoms with van der Waals surface area (Å²) in [6, 6.07) is -4.51. The van der Waals surface area contributed by atoms with Gasteiger partial charge in [0.2, 0.25) is 17.7 Å². The van der Waals surface area contributed by atoms with E-state index in [0.29, 0.717) is 30.8 Å². The van der Waals surface area contributed by atoms with Gasteiger partial charge in [-0.2, -0.15) is 11.8 Å². The highest BCUT2D eigenvalue weighted by Crippen LogP contribution is 2.07. The lowest BCUT2D eigenvalue weighted by Crippen LogP contribution is -2.57. The number of thioether (sulfide) groups is 1. The van der Waals surface area contributed by atoms with Gasteiger partial charge in [-0.3, -0.25) is 19.2 Å². The lowest BCUT2D eigenvalue weighted by atomic mass is 10.1. The number of rotatable bonds is 19. The first-order valence-corrected chi connectivity index (χ1v) is 13.3. The summed E-state index contributed by atoms with van der Waals surface area (Å²) in [5, 5.41) is 25.9. The highest BCUT2D eigenvalue weighted by Gasteiger charge is 2.30. The van der Waals surface area contributed by atoms with Crippen LogP contribution in [-0.4, -0.2) is 92.6 Å². The highest BCUT2D eigenvalue weighted by atomic mass is 32.2. The number of aromatic nitrogens is 2. The summed E-state index contributed by atoms with van der Waals surface area (Å²) in [5.41, 5.74) is 11.8. The molecule has 10 N–H and O–H groups in total. The third-order valence-electron chi connectivity index (χ3n) is 5.42. The maximum Gasteiger partial charge on any atom is 0.326 e. The second kappa shape index (κ2) is 17.3. The Morgan fingerprint density at radius 1 is 0.973 bits per heavy atom. The molecule has 1 aromatic rings. The topological polar surface area (TPSA) is 243 Å². The van der Waals surface area contributed by atoms with Crippen LogP contribution in [0.4, 0.5) is 0 Å². The number of carboxylic acids is 2. The van der Waals surface area contributed by atoms with Gasteiger partial charge in [0, 0.05) is 24.7 Å². The number of imidazole rings is 1. The van der Waals surface area contributed by atoms with Gasteiger partial charge >= 0.3 is 11.9 Å². The number of aromatic amines is 1. The van der Waals surface area contributed by atoms with Crippen molar-refractivity contribution in [2.24, 2.45) is 11.5 Å². The molecule has 1 aromatic heterocycles. The first-order valence-electron chi connectivity index (χ1n) is 11.9. The lowest BCUT2D eigenvalue weighted by molar-refractivity contribution is -0.142. The van der Waals surface area contributed by atoms with E-state index in [0.717, 1.165) is 0 Å². The molecule has 4 atom stereocenters. The summed E-state index contributed by atoms with van der Waals surface area (Å²) in [6.45, 7) is 0.399. The molecule has 0 aliphatic heterocycles. The van der Waals surface area contributed by atoms with Gasteiger partial charge in [-0.15, -0.1) is 0 Å². The van der Waals surface area contributed by atoms with Crippen LogP contribution in [0.25, 0.3) is 0 Å². The van der Waals surface area contributed by atoms with Crippen LogP contribution >= 0.6 is 11.8 Å². The Morgan fingerprint density at radius 2 is 1.62 bits per heavy atom. The Morgan fingerprint density at radius 3 is 2.19 bits per heavy atom. The molecule has 15 heteroatoms. The van der Waals surface area contributed by atoms with E-state index in [2.05, 4.69) is 25.9 Å². The van der Waals surface area contributed by atoms with Gasteiger partial charge in [-0.25, -0.2) is 9.78 Å². The minimum atomic E-state index is -1.19. The number of hydrogen-bond donors (Lipinski definition) is 8. The van der Waals surface area contributed by atoms with Gasteiger partial charge in [0.25, 0.3) is 0 Å². The zero-order valence-corrected chi connectivity index (χ0v) is 21.6. The molecule has 208 valence electrons. The van der Waals surface area contributed by atoms with Crippen molar-refractivity contribution in [2.45, 2.75) is 69.1 Å². The number of H-pyrrole nitrogens is 1. The fourth-order valence-corrected chi connectivity index (χ4v) is 3.79. The van der Waals surface area contributed by atoms with E-state index in [1.54, 1.807) is 0 Å². The molecule has 0 saturated heterocycles. The maximum atomic E-state index is 13.2. The Balaban J connectivity index is 2.98. The van der Waals surface area contributed by atoms with Gasteiger partial charge in [-0.1, -0.05) is 0 Å². The van der Waals surface area contributed by atoms with Crippen molar-refractivity contribution < 1.29 is 34.2 Å². The van der Waals surface area contributed by atoms with Crippen LogP contribution < -0.4 is 27.4 Å². The second-order valence-corrected chi connectivity index (χ2v) is 9.39. The van der Waals surface area contributed by atoms with Crippen LogP contribution in [0.15, 0.2) is 12.5 Å². The monoisotopic (exact) mass is 543 g/mol. The molecule has 0 aliphatic rings. The Hall–Kier alpha value is -3.17. The van der Waals surface area contributed by atoms with Gasteiger partial charge < -0.3 is 42.6 Å². The van der Waals surface area contributed by atoms with Crippen molar-refractivity contribution in [1.29, 1.82) is 0 Å². The molecule has 0 aliphatic carbocycles. The number of nitrogens with zero attached hydrogens (tertiary/aromatic N) is 1. The summed E-state index contributed by atoms with van der Waals surface area (Å²) < 4.78 is 0. The number of nitrogens with two attached hydrogens (primary N) is 2. The fraction of sp³-hybridized carbons (Fsp3) is 0.636. The van der Waals surface area contributed by atoms with Gasteiger partial charge in [0.1, 0.15) is 18.1 Å². The predicted molar refractivity (Wildman–Crippen MR) is 136 cm³/mol. The highest BCUT2D eigenvalue weighted by molar-refractivity contribution is 7.98. The molecule has 0 radical (unpaired) electrons. The molecule has 0 aromatic carbocycles. The van der Waals surface area contributed by atoms with Gasteiger partial charge in [-0.05, 0) is 50.7 Å². The smallest absolute Gasteiger partial charge is 0.326 e. The summed E-state index contributed by atoms with van der Waals surface area (Å²) in [7, 11) is 0. The number of amides is 3. The van der Waals surface area contributed by atoms with Gasteiger partial charge in [0.15, 0.2) is 0 Å². The minimum Gasteiger partial charge on any atom is -0.481 e. The van der Waals surface area contributed by atoms with Crippen molar-refractivity contribution in [1.82, 2.24) is 25.9 Å². The third-order valence-corrected chi connectivity index (χ3v) is 6.07. The summed E-state index contributed by atoms with van der Waals surface area (Å²) in [5.74, 6) is -3.88. The number of hydrogen-bond acceptors (Lipinski definition) is 9. The van der Waals surface area contributed by atoms with Crippen LogP contribution in [0.1, 0.15) is 44.2 Å². The maximum absolute atomic E-state index is 13.2. The normalized spacial score (nSPS) is 14.1. The molecule has 0 spiro atoms. The van der Waals surface area contributed by atoms with Crippen LogP contribution in [0.3, 0.4) is 0 Å². The largest absolute Gasteiger partial charge is 0.481 e. The molecular weight excluding hydrogens is 506 g/mol. The lowest BCUT2D eigenvalue weighted by Gasteiger charge is -2.25. The molecule has 4 unspecified atom stereocenters. The van der Waals surface area contributed by atoms with E-state index in [9.17, 15) is 29.1 Å². The molecule has 1 heterocycles. The number of nitrogens with one attached hydrogen (secondary N) is 4. The number of carbonyl (C=O) groups is 5. The van der Waals surface area contributed by atoms with Crippen LogP contribution in [0.2, 0.25) is 0 Å². The molecule has 1 rings (SSSR count). The van der Waals surface area contributed by atoms with Crippen molar-refractivity contribution in [3.8, 4) is 0 Å². The Labute approximate surface area is 219 Å².